The number of hydrogen-bond acceptors (Lipinski definition) is 3. The SMILES string of the molecule is CC(NC(=O)N1C[C@@H](O)C[C@H]1C(=O)O)C1CC2CCC1C2. The average molecular weight is 296 g/mol. The number of nitrogens with zero attached hydrogens (tertiary/aromatic N) is 1. The molecule has 0 radical (unpaired) electrons. The van der Waals surface area contributed by atoms with E-state index in [9.17, 15) is 14.7 Å². The highest BCUT2D eigenvalue weighted by Gasteiger charge is 2.44. The van der Waals surface area contributed by atoms with E-state index in [1.165, 1.54) is 30.6 Å². The van der Waals surface area contributed by atoms with Crippen molar-refractivity contribution < 1.29 is 19.8 Å². The monoisotopic (exact) mass is 296 g/mol. The van der Waals surface area contributed by atoms with Crippen molar-refractivity contribution in [3.8, 4) is 0 Å². The standard InChI is InChI=1S/C15H24N2O4/c1-8(12-5-9-2-3-10(12)4-9)16-15(21)17-7-11(18)6-13(17)14(19)20/h8-13,18H,2-7H2,1H3,(H,16,21)(H,19,20)/t8?,9?,10?,11-,12?,13-/m0/s1. The largest absolute Gasteiger partial charge is 0.480 e. The number of hydrogen-bond donors (Lipinski definition) is 3. The number of carboxylic acids is 1. The number of urea groups is 1. The first-order chi connectivity index (χ1) is 9.95. The van der Waals surface area contributed by atoms with Gasteiger partial charge in [0.1, 0.15) is 6.04 Å². The Morgan fingerprint density at radius 2 is 2.00 bits per heavy atom. The second-order valence-electron chi connectivity index (χ2n) is 6.97. The van der Waals surface area contributed by atoms with Gasteiger partial charge in [0.05, 0.1) is 6.10 Å². The van der Waals surface area contributed by atoms with Gasteiger partial charge >= 0.3 is 12.0 Å². The van der Waals surface area contributed by atoms with E-state index in [-0.39, 0.29) is 25.0 Å². The van der Waals surface area contributed by atoms with E-state index >= 15 is 0 Å². The zero-order valence-electron chi connectivity index (χ0n) is 12.4. The zero-order valence-corrected chi connectivity index (χ0v) is 12.4. The third-order valence-corrected chi connectivity index (χ3v) is 5.61. The van der Waals surface area contributed by atoms with Crippen LogP contribution in [0, 0.1) is 17.8 Å². The molecule has 0 spiro atoms. The molecule has 118 valence electrons. The molecule has 2 amide bonds. The Labute approximate surface area is 124 Å². The van der Waals surface area contributed by atoms with Crippen molar-refractivity contribution in [1.29, 1.82) is 0 Å². The number of aliphatic hydroxyl groups is 1. The van der Waals surface area contributed by atoms with Crippen LogP contribution in [-0.2, 0) is 4.79 Å². The molecule has 1 aliphatic heterocycles. The molecular weight excluding hydrogens is 272 g/mol. The molecule has 3 rings (SSSR count). The molecule has 0 aromatic carbocycles. The lowest BCUT2D eigenvalue weighted by Crippen LogP contribution is -2.50. The van der Waals surface area contributed by atoms with Gasteiger partial charge in [0.2, 0.25) is 0 Å². The summed E-state index contributed by atoms with van der Waals surface area (Å²) in [6.07, 6.45) is 4.42. The summed E-state index contributed by atoms with van der Waals surface area (Å²) in [6.45, 7) is 2.12. The molecule has 0 aromatic heterocycles. The minimum Gasteiger partial charge on any atom is -0.480 e. The number of fused-ring (bicyclic) bond motifs is 2. The second-order valence-corrected chi connectivity index (χ2v) is 6.97. The summed E-state index contributed by atoms with van der Waals surface area (Å²) in [6, 6.07) is -1.19. The Morgan fingerprint density at radius 1 is 1.24 bits per heavy atom. The van der Waals surface area contributed by atoms with Crippen LogP contribution in [-0.4, -0.2) is 51.8 Å². The molecular formula is C15H24N2O4. The Hall–Kier alpha value is -1.30. The number of amides is 2. The fraction of sp³-hybridized carbons (Fsp3) is 0.867. The first-order valence-corrected chi connectivity index (χ1v) is 7.93. The van der Waals surface area contributed by atoms with E-state index in [1.807, 2.05) is 6.92 Å². The van der Waals surface area contributed by atoms with Gasteiger partial charge in [0, 0.05) is 19.0 Å². The summed E-state index contributed by atoms with van der Waals surface area (Å²) >= 11 is 0. The van der Waals surface area contributed by atoms with Crippen LogP contribution in [0.4, 0.5) is 4.79 Å². The minimum absolute atomic E-state index is 0.0694. The van der Waals surface area contributed by atoms with Gasteiger partial charge in [0.25, 0.3) is 0 Å². The van der Waals surface area contributed by atoms with Crippen molar-refractivity contribution in [2.45, 2.75) is 57.2 Å². The first-order valence-electron chi connectivity index (χ1n) is 7.93. The van der Waals surface area contributed by atoms with Crippen LogP contribution in [0.2, 0.25) is 0 Å². The molecule has 2 aliphatic carbocycles. The molecule has 6 nitrogen and oxygen atoms in total. The van der Waals surface area contributed by atoms with Gasteiger partial charge in [-0.25, -0.2) is 9.59 Å². The fourth-order valence-corrected chi connectivity index (χ4v) is 4.56. The average Bonchev–Trinajstić information content (AvgIpc) is 3.12. The van der Waals surface area contributed by atoms with Gasteiger partial charge in [-0.2, -0.15) is 0 Å². The molecule has 1 heterocycles. The molecule has 3 aliphatic rings. The van der Waals surface area contributed by atoms with E-state index in [2.05, 4.69) is 5.32 Å². The van der Waals surface area contributed by atoms with Gasteiger partial charge in [-0.3, -0.25) is 0 Å². The number of likely N-dealkylation sites (tertiary alicyclic amines) is 1. The summed E-state index contributed by atoms with van der Waals surface area (Å²) in [4.78, 5) is 24.8. The summed E-state index contributed by atoms with van der Waals surface area (Å²) in [5.74, 6) is 1.00. The predicted molar refractivity (Wildman–Crippen MR) is 75.7 cm³/mol. The van der Waals surface area contributed by atoms with Gasteiger partial charge in [-0.1, -0.05) is 6.42 Å². The summed E-state index contributed by atoms with van der Waals surface area (Å²) in [5.41, 5.74) is 0. The maximum Gasteiger partial charge on any atom is 0.326 e. The van der Waals surface area contributed by atoms with Crippen LogP contribution >= 0.6 is 0 Å². The van der Waals surface area contributed by atoms with E-state index in [0.717, 1.165) is 5.92 Å². The van der Waals surface area contributed by atoms with Crippen LogP contribution in [0.25, 0.3) is 0 Å². The number of β-amino-alcohol motifs (C(OH)–C–C–N with tert-alkyl or cyclic N) is 1. The molecule has 2 saturated carbocycles. The molecule has 21 heavy (non-hydrogen) atoms. The molecule has 4 unspecified atom stereocenters. The molecule has 3 N–H and O–H groups in total. The highest BCUT2D eigenvalue weighted by Crippen LogP contribution is 2.49. The number of carbonyl (C=O) groups excluding carboxylic acids is 1. The summed E-state index contributed by atoms with van der Waals surface area (Å²) in [7, 11) is 0. The third-order valence-electron chi connectivity index (χ3n) is 5.61. The van der Waals surface area contributed by atoms with Crippen LogP contribution in [0.1, 0.15) is 39.0 Å². The van der Waals surface area contributed by atoms with E-state index < -0.39 is 18.1 Å². The number of aliphatic carboxylic acids is 1. The molecule has 2 bridgehead atoms. The molecule has 1 saturated heterocycles. The number of carboxylic acid groups (broad SMARTS) is 1. The van der Waals surface area contributed by atoms with Crippen molar-refractivity contribution in [3.63, 3.8) is 0 Å². The lowest BCUT2D eigenvalue weighted by atomic mass is 9.84. The van der Waals surface area contributed by atoms with Gasteiger partial charge < -0.3 is 20.4 Å². The maximum atomic E-state index is 12.3. The molecule has 6 heteroatoms. The van der Waals surface area contributed by atoms with Gasteiger partial charge in [-0.05, 0) is 43.9 Å². The molecule has 3 fully saturated rings. The lowest BCUT2D eigenvalue weighted by Gasteiger charge is -2.31. The normalized spacial score (nSPS) is 39.5. The quantitative estimate of drug-likeness (QED) is 0.726. The predicted octanol–water partition coefficient (Wildman–Crippen LogP) is 1.04. The van der Waals surface area contributed by atoms with Gasteiger partial charge in [-0.15, -0.1) is 0 Å². The maximum absolute atomic E-state index is 12.3. The van der Waals surface area contributed by atoms with Crippen LogP contribution < -0.4 is 5.32 Å². The Bertz CT molecular complexity index is 441. The van der Waals surface area contributed by atoms with Crippen molar-refractivity contribution in [2.24, 2.45) is 17.8 Å². The topological polar surface area (TPSA) is 89.9 Å². The second kappa shape index (κ2) is 5.48. The van der Waals surface area contributed by atoms with E-state index in [0.29, 0.717) is 11.8 Å². The molecule has 0 aromatic rings. The zero-order chi connectivity index (χ0) is 15.1. The lowest BCUT2D eigenvalue weighted by molar-refractivity contribution is -0.141. The number of rotatable bonds is 3. The van der Waals surface area contributed by atoms with Crippen molar-refractivity contribution in [1.82, 2.24) is 10.2 Å². The van der Waals surface area contributed by atoms with Crippen LogP contribution in [0.5, 0.6) is 0 Å². The van der Waals surface area contributed by atoms with Crippen LogP contribution in [0.3, 0.4) is 0 Å². The highest BCUT2D eigenvalue weighted by atomic mass is 16.4. The Balaban J connectivity index is 1.59. The first kappa shape index (κ1) is 14.6. The minimum atomic E-state index is -1.05. The Kier molecular flexibility index (Phi) is 3.82. The van der Waals surface area contributed by atoms with Crippen molar-refractivity contribution in [2.75, 3.05) is 6.54 Å². The number of carbonyl (C=O) groups is 2. The summed E-state index contributed by atoms with van der Waals surface area (Å²) in [5, 5.41) is 21.7. The number of nitrogens with one attached hydrogen (secondary N) is 1. The van der Waals surface area contributed by atoms with Crippen molar-refractivity contribution in [3.05, 3.63) is 0 Å². The smallest absolute Gasteiger partial charge is 0.326 e. The van der Waals surface area contributed by atoms with E-state index in [4.69, 9.17) is 5.11 Å². The van der Waals surface area contributed by atoms with Crippen LogP contribution in [0.15, 0.2) is 0 Å². The Morgan fingerprint density at radius 3 is 2.57 bits per heavy atom. The number of aliphatic hydroxyl groups excluding tert-OH is 1. The molecule has 6 atom stereocenters. The van der Waals surface area contributed by atoms with E-state index in [1.54, 1.807) is 0 Å². The van der Waals surface area contributed by atoms with Gasteiger partial charge in [0.15, 0.2) is 0 Å². The fourth-order valence-electron chi connectivity index (χ4n) is 4.56. The third kappa shape index (κ3) is 2.73. The highest BCUT2D eigenvalue weighted by molar-refractivity contribution is 5.83. The van der Waals surface area contributed by atoms with Crippen molar-refractivity contribution >= 4 is 12.0 Å². The summed E-state index contributed by atoms with van der Waals surface area (Å²) < 4.78 is 0.